The number of rotatable bonds is 5. The number of nitrogens with one attached hydrogen (secondary N) is 1. The second-order valence-electron chi connectivity index (χ2n) is 4.79. The monoisotopic (exact) mass is 254 g/mol. The van der Waals surface area contributed by atoms with Gasteiger partial charge in [0.1, 0.15) is 5.82 Å². The van der Waals surface area contributed by atoms with Crippen molar-refractivity contribution in [2.24, 2.45) is 0 Å². The molecule has 17 heavy (non-hydrogen) atoms. The molecule has 1 aromatic rings. The Morgan fingerprint density at radius 1 is 1.59 bits per heavy atom. The minimum Gasteiger partial charge on any atom is -0.352 e. The molecule has 1 N–H and O–H groups in total. The first-order valence-corrected chi connectivity index (χ1v) is 6.67. The van der Waals surface area contributed by atoms with Gasteiger partial charge in [0.15, 0.2) is 0 Å². The zero-order valence-electron chi connectivity index (χ0n) is 10.4. The molecular formula is C11H18N4OS. The molecule has 0 bridgehead atoms. The van der Waals surface area contributed by atoms with Crippen LogP contribution >= 0.6 is 11.5 Å². The molecule has 0 saturated heterocycles. The molecule has 1 heterocycles. The number of carbonyl (C=O) groups is 1. The van der Waals surface area contributed by atoms with Gasteiger partial charge in [-0.1, -0.05) is 13.8 Å². The van der Waals surface area contributed by atoms with Crippen molar-refractivity contribution in [2.45, 2.75) is 38.6 Å². The summed E-state index contributed by atoms with van der Waals surface area (Å²) in [6.07, 6.45) is 2.23. The molecule has 0 aliphatic heterocycles. The Kier molecular flexibility index (Phi) is 3.61. The van der Waals surface area contributed by atoms with E-state index in [2.05, 4.69) is 28.5 Å². The Labute approximate surface area is 105 Å². The van der Waals surface area contributed by atoms with Crippen molar-refractivity contribution in [3.8, 4) is 0 Å². The summed E-state index contributed by atoms with van der Waals surface area (Å²) in [6, 6.07) is 0.413. The SMILES string of the molecule is CC(C)c1nsc(N(C)CC(=O)NC2CC2)n1. The molecule has 94 valence electrons. The maximum Gasteiger partial charge on any atom is 0.239 e. The van der Waals surface area contributed by atoms with Gasteiger partial charge in [-0.15, -0.1) is 0 Å². The number of likely N-dealkylation sites (N-methyl/N-ethyl adjacent to an activating group) is 1. The maximum atomic E-state index is 11.6. The standard InChI is InChI=1S/C11H18N4OS/c1-7(2)10-13-11(17-14-10)15(3)6-9(16)12-8-4-5-8/h7-8H,4-6H2,1-3H3,(H,12,16). The van der Waals surface area contributed by atoms with Crippen LogP contribution in [0.3, 0.4) is 0 Å². The molecule has 5 nitrogen and oxygen atoms in total. The van der Waals surface area contributed by atoms with Crippen LogP contribution in [0.5, 0.6) is 0 Å². The van der Waals surface area contributed by atoms with Crippen LogP contribution in [-0.2, 0) is 4.79 Å². The Bertz CT molecular complexity index is 400. The molecule has 1 saturated carbocycles. The summed E-state index contributed by atoms with van der Waals surface area (Å²) in [5.41, 5.74) is 0. The van der Waals surface area contributed by atoms with E-state index >= 15 is 0 Å². The topological polar surface area (TPSA) is 58.1 Å². The van der Waals surface area contributed by atoms with Crippen molar-refractivity contribution in [1.29, 1.82) is 0 Å². The van der Waals surface area contributed by atoms with E-state index in [0.717, 1.165) is 23.8 Å². The summed E-state index contributed by atoms with van der Waals surface area (Å²) >= 11 is 1.35. The van der Waals surface area contributed by atoms with Gasteiger partial charge in [-0.25, -0.2) is 4.98 Å². The molecule has 1 aliphatic rings. The van der Waals surface area contributed by atoms with Crippen LogP contribution < -0.4 is 10.2 Å². The molecule has 0 radical (unpaired) electrons. The summed E-state index contributed by atoms with van der Waals surface area (Å²) in [6.45, 7) is 4.47. The molecule has 6 heteroatoms. The van der Waals surface area contributed by atoms with Crippen LogP contribution in [-0.4, -0.2) is 34.9 Å². The molecular weight excluding hydrogens is 236 g/mol. The van der Waals surface area contributed by atoms with E-state index in [9.17, 15) is 4.79 Å². The molecule has 0 aromatic carbocycles. The number of carbonyl (C=O) groups excluding carboxylic acids is 1. The normalized spacial score (nSPS) is 15.1. The van der Waals surface area contributed by atoms with Gasteiger partial charge in [0.25, 0.3) is 0 Å². The molecule has 0 spiro atoms. The quantitative estimate of drug-likeness (QED) is 0.862. The highest BCUT2D eigenvalue weighted by molar-refractivity contribution is 7.09. The highest BCUT2D eigenvalue weighted by Crippen LogP contribution is 2.21. The van der Waals surface area contributed by atoms with Crippen LogP contribution in [0.4, 0.5) is 5.13 Å². The van der Waals surface area contributed by atoms with E-state index in [-0.39, 0.29) is 5.91 Å². The van der Waals surface area contributed by atoms with E-state index < -0.39 is 0 Å². The van der Waals surface area contributed by atoms with E-state index in [1.165, 1.54) is 11.5 Å². The summed E-state index contributed by atoms with van der Waals surface area (Å²) in [4.78, 5) is 17.9. The molecule has 0 unspecified atom stereocenters. The number of anilines is 1. The third kappa shape index (κ3) is 3.39. The van der Waals surface area contributed by atoms with Gasteiger partial charge in [-0.3, -0.25) is 4.79 Å². The fraction of sp³-hybridized carbons (Fsp3) is 0.727. The Morgan fingerprint density at radius 2 is 2.29 bits per heavy atom. The fourth-order valence-electron chi connectivity index (χ4n) is 1.40. The lowest BCUT2D eigenvalue weighted by Gasteiger charge is -2.14. The summed E-state index contributed by atoms with van der Waals surface area (Å²) in [5.74, 6) is 1.24. The zero-order chi connectivity index (χ0) is 12.4. The summed E-state index contributed by atoms with van der Waals surface area (Å²) in [5, 5.41) is 3.77. The number of amides is 1. The molecule has 1 aromatic heterocycles. The lowest BCUT2D eigenvalue weighted by molar-refractivity contribution is -0.119. The van der Waals surface area contributed by atoms with Crippen LogP contribution in [0.15, 0.2) is 0 Å². The van der Waals surface area contributed by atoms with Crippen LogP contribution in [0.25, 0.3) is 0 Å². The van der Waals surface area contributed by atoms with E-state index in [4.69, 9.17) is 0 Å². The van der Waals surface area contributed by atoms with Gasteiger partial charge < -0.3 is 10.2 Å². The first-order chi connectivity index (χ1) is 8.06. The highest BCUT2D eigenvalue weighted by atomic mass is 32.1. The fourth-order valence-corrected chi connectivity index (χ4v) is 2.17. The predicted molar refractivity (Wildman–Crippen MR) is 68.4 cm³/mol. The minimum atomic E-state index is 0.0660. The number of nitrogens with zero attached hydrogens (tertiary/aromatic N) is 3. The third-order valence-corrected chi connectivity index (χ3v) is 3.44. The molecule has 1 amide bonds. The first-order valence-electron chi connectivity index (χ1n) is 5.90. The van der Waals surface area contributed by atoms with Crippen molar-refractivity contribution < 1.29 is 4.79 Å². The average molecular weight is 254 g/mol. The molecule has 1 fully saturated rings. The number of hydrogen-bond acceptors (Lipinski definition) is 5. The largest absolute Gasteiger partial charge is 0.352 e. The summed E-state index contributed by atoms with van der Waals surface area (Å²) < 4.78 is 4.27. The van der Waals surface area contributed by atoms with Crippen LogP contribution in [0.2, 0.25) is 0 Å². The van der Waals surface area contributed by atoms with Crippen molar-refractivity contribution in [3.05, 3.63) is 5.82 Å². The van der Waals surface area contributed by atoms with Gasteiger partial charge in [-0.2, -0.15) is 4.37 Å². The second-order valence-corrected chi connectivity index (χ2v) is 5.52. The molecule has 2 rings (SSSR count). The third-order valence-electron chi connectivity index (χ3n) is 2.60. The Hall–Kier alpha value is -1.17. The van der Waals surface area contributed by atoms with E-state index in [1.807, 2.05) is 11.9 Å². The molecule has 1 aliphatic carbocycles. The zero-order valence-corrected chi connectivity index (χ0v) is 11.3. The predicted octanol–water partition coefficient (Wildman–Crippen LogP) is 1.38. The van der Waals surface area contributed by atoms with Gasteiger partial charge in [0, 0.05) is 30.5 Å². The lowest BCUT2D eigenvalue weighted by atomic mass is 10.2. The minimum absolute atomic E-state index is 0.0660. The number of hydrogen-bond donors (Lipinski definition) is 1. The van der Waals surface area contributed by atoms with Crippen molar-refractivity contribution in [1.82, 2.24) is 14.7 Å². The maximum absolute atomic E-state index is 11.6. The van der Waals surface area contributed by atoms with E-state index in [0.29, 0.717) is 18.5 Å². The van der Waals surface area contributed by atoms with Crippen molar-refractivity contribution in [3.63, 3.8) is 0 Å². The second kappa shape index (κ2) is 5.00. The van der Waals surface area contributed by atoms with Crippen molar-refractivity contribution >= 4 is 22.6 Å². The Morgan fingerprint density at radius 3 is 2.82 bits per heavy atom. The van der Waals surface area contributed by atoms with Crippen LogP contribution in [0, 0.1) is 0 Å². The Balaban J connectivity index is 1.88. The van der Waals surface area contributed by atoms with Gasteiger partial charge in [0.05, 0.1) is 6.54 Å². The smallest absolute Gasteiger partial charge is 0.239 e. The van der Waals surface area contributed by atoms with Gasteiger partial charge in [0.2, 0.25) is 11.0 Å². The summed E-state index contributed by atoms with van der Waals surface area (Å²) in [7, 11) is 1.87. The van der Waals surface area contributed by atoms with Crippen molar-refractivity contribution in [2.75, 3.05) is 18.5 Å². The van der Waals surface area contributed by atoms with Crippen LogP contribution in [0.1, 0.15) is 38.4 Å². The molecule has 0 atom stereocenters. The van der Waals surface area contributed by atoms with Gasteiger partial charge in [-0.05, 0) is 12.8 Å². The first kappa shape index (κ1) is 12.3. The number of aromatic nitrogens is 2. The van der Waals surface area contributed by atoms with Gasteiger partial charge >= 0.3 is 0 Å². The average Bonchev–Trinajstić information content (AvgIpc) is 2.92. The lowest BCUT2D eigenvalue weighted by Crippen LogP contribution is -2.36. The highest BCUT2D eigenvalue weighted by Gasteiger charge is 2.24. The van der Waals surface area contributed by atoms with E-state index in [1.54, 1.807) is 0 Å².